The van der Waals surface area contributed by atoms with E-state index >= 15 is 0 Å². The molecule has 0 saturated carbocycles. The minimum Gasteiger partial charge on any atom is -0.508 e. The fraction of sp³-hybridized carbons (Fsp3) is 0.222. The summed E-state index contributed by atoms with van der Waals surface area (Å²) in [4.78, 5) is 23.2. The van der Waals surface area contributed by atoms with Gasteiger partial charge in [0.25, 0.3) is 5.91 Å². The van der Waals surface area contributed by atoms with Crippen LogP contribution in [-0.2, 0) is 11.2 Å². The number of aromatic hydroxyl groups is 1. The van der Waals surface area contributed by atoms with E-state index < -0.39 is 5.91 Å². The zero-order valence-corrected chi connectivity index (χ0v) is 13.0. The van der Waals surface area contributed by atoms with E-state index in [1.165, 1.54) is 6.07 Å². The van der Waals surface area contributed by atoms with Gasteiger partial charge in [0.2, 0.25) is 5.91 Å². The number of nitrogens with one attached hydrogen (secondary N) is 1. The van der Waals surface area contributed by atoms with Crippen molar-refractivity contribution in [1.29, 1.82) is 0 Å². The van der Waals surface area contributed by atoms with Crippen molar-refractivity contribution in [2.24, 2.45) is 5.73 Å². The third kappa shape index (κ3) is 3.32. The molecule has 1 unspecified atom stereocenters. The van der Waals surface area contributed by atoms with Crippen LogP contribution in [0.15, 0.2) is 42.5 Å². The summed E-state index contributed by atoms with van der Waals surface area (Å²) in [6, 6.07) is 11.6. The van der Waals surface area contributed by atoms with Crippen LogP contribution in [0.5, 0.6) is 11.5 Å². The van der Waals surface area contributed by atoms with Gasteiger partial charge in [-0.15, -0.1) is 0 Å². The zero-order chi connectivity index (χ0) is 17.1. The first-order valence-electron chi connectivity index (χ1n) is 7.67. The molecule has 1 aliphatic rings. The molecule has 3 rings (SSSR count). The van der Waals surface area contributed by atoms with Gasteiger partial charge in [-0.3, -0.25) is 9.59 Å². The number of amides is 2. The van der Waals surface area contributed by atoms with Gasteiger partial charge >= 0.3 is 0 Å². The largest absolute Gasteiger partial charge is 0.508 e. The Bertz CT molecular complexity index is 788. The normalized spacial score (nSPS) is 15.6. The Hall–Kier alpha value is -3.02. The molecule has 4 N–H and O–H groups in total. The van der Waals surface area contributed by atoms with Crippen molar-refractivity contribution >= 4 is 11.8 Å². The third-order valence-electron chi connectivity index (χ3n) is 4.07. The number of ether oxygens (including phenoxy) is 1. The summed E-state index contributed by atoms with van der Waals surface area (Å²) in [5.74, 6) is -0.136. The Balaban J connectivity index is 1.59. The van der Waals surface area contributed by atoms with Gasteiger partial charge in [0, 0.05) is 5.56 Å². The van der Waals surface area contributed by atoms with Crippen molar-refractivity contribution in [2.75, 3.05) is 6.61 Å². The van der Waals surface area contributed by atoms with Gasteiger partial charge in [0.1, 0.15) is 11.5 Å². The molecule has 6 nitrogen and oxygen atoms in total. The lowest BCUT2D eigenvalue weighted by molar-refractivity contribution is -0.123. The van der Waals surface area contributed by atoms with E-state index in [9.17, 15) is 14.7 Å². The molecule has 2 aromatic rings. The van der Waals surface area contributed by atoms with Gasteiger partial charge in [-0.25, -0.2) is 0 Å². The molecule has 1 atom stereocenters. The second kappa shape index (κ2) is 6.62. The molecular weight excluding hydrogens is 308 g/mol. The number of benzene rings is 2. The van der Waals surface area contributed by atoms with Gasteiger partial charge in [-0.2, -0.15) is 0 Å². The van der Waals surface area contributed by atoms with E-state index in [1.54, 1.807) is 30.3 Å². The predicted molar refractivity (Wildman–Crippen MR) is 87.8 cm³/mol. The van der Waals surface area contributed by atoms with Crippen LogP contribution in [0.2, 0.25) is 0 Å². The number of hydrogen-bond donors (Lipinski definition) is 3. The van der Waals surface area contributed by atoms with Gasteiger partial charge in [0.15, 0.2) is 6.61 Å². The maximum Gasteiger partial charge on any atom is 0.258 e. The molecule has 2 amide bonds. The van der Waals surface area contributed by atoms with E-state index in [1.807, 2.05) is 6.07 Å². The molecule has 24 heavy (non-hydrogen) atoms. The highest BCUT2D eigenvalue weighted by Gasteiger charge is 2.25. The monoisotopic (exact) mass is 326 g/mol. The van der Waals surface area contributed by atoms with Crippen molar-refractivity contribution in [3.8, 4) is 11.5 Å². The SMILES string of the molecule is NC(=O)c1cccc(OCC(=O)NC2CCc3c(O)cccc32)c1. The Kier molecular flexibility index (Phi) is 4.37. The Morgan fingerprint density at radius 1 is 1.25 bits per heavy atom. The minimum absolute atomic E-state index is 0.125. The average molecular weight is 326 g/mol. The maximum absolute atomic E-state index is 12.1. The van der Waals surface area contributed by atoms with Crippen LogP contribution < -0.4 is 15.8 Å². The van der Waals surface area contributed by atoms with Crippen molar-refractivity contribution in [3.63, 3.8) is 0 Å². The van der Waals surface area contributed by atoms with E-state index in [-0.39, 0.29) is 24.3 Å². The van der Waals surface area contributed by atoms with Crippen molar-refractivity contribution < 1.29 is 19.4 Å². The molecule has 6 heteroatoms. The molecule has 0 saturated heterocycles. The number of fused-ring (bicyclic) bond motifs is 1. The second-order valence-electron chi connectivity index (χ2n) is 5.68. The fourth-order valence-electron chi connectivity index (χ4n) is 2.91. The number of primary amides is 1. The Labute approximate surface area is 139 Å². The fourth-order valence-corrected chi connectivity index (χ4v) is 2.91. The number of hydrogen-bond acceptors (Lipinski definition) is 4. The van der Waals surface area contributed by atoms with E-state index in [4.69, 9.17) is 10.5 Å². The summed E-state index contributed by atoms with van der Waals surface area (Å²) < 4.78 is 5.41. The number of phenols is 1. The number of nitrogens with two attached hydrogens (primary N) is 1. The number of phenolic OH excluding ortho intramolecular Hbond substituents is 1. The topological polar surface area (TPSA) is 102 Å². The highest BCUT2D eigenvalue weighted by atomic mass is 16.5. The van der Waals surface area contributed by atoms with E-state index in [0.29, 0.717) is 11.3 Å². The number of carbonyl (C=O) groups excluding carboxylic acids is 2. The lowest BCUT2D eigenvalue weighted by atomic mass is 10.1. The smallest absolute Gasteiger partial charge is 0.258 e. The Morgan fingerprint density at radius 2 is 2.04 bits per heavy atom. The molecular formula is C18H18N2O4. The number of rotatable bonds is 5. The number of carbonyl (C=O) groups is 2. The molecule has 0 bridgehead atoms. The van der Waals surface area contributed by atoms with Crippen LogP contribution in [0.3, 0.4) is 0 Å². The highest BCUT2D eigenvalue weighted by molar-refractivity contribution is 5.93. The maximum atomic E-state index is 12.1. The van der Waals surface area contributed by atoms with E-state index in [2.05, 4.69) is 5.32 Å². The van der Waals surface area contributed by atoms with Crippen LogP contribution in [0.1, 0.15) is 33.9 Å². The summed E-state index contributed by atoms with van der Waals surface area (Å²) in [7, 11) is 0. The molecule has 0 aromatic heterocycles. The summed E-state index contributed by atoms with van der Waals surface area (Å²) in [6.45, 7) is -0.160. The lowest BCUT2D eigenvalue weighted by Crippen LogP contribution is -2.31. The van der Waals surface area contributed by atoms with Gasteiger partial charge in [-0.1, -0.05) is 18.2 Å². The van der Waals surface area contributed by atoms with Crippen molar-refractivity contribution in [3.05, 3.63) is 59.2 Å². The first-order chi connectivity index (χ1) is 11.5. The molecule has 2 aromatic carbocycles. The predicted octanol–water partition coefficient (Wildman–Crippen LogP) is 1.67. The average Bonchev–Trinajstić information content (AvgIpc) is 2.98. The third-order valence-corrected chi connectivity index (χ3v) is 4.07. The van der Waals surface area contributed by atoms with Crippen LogP contribution in [0.25, 0.3) is 0 Å². The molecule has 0 radical (unpaired) electrons. The van der Waals surface area contributed by atoms with Crippen LogP contribution >= 0.6 is 0 Å². The zero-order valence-electron chi connectivity index (χ0n) is 13.0. The molecule has 0 spiro atoms. The first-order valence-corrected chi connectivity index (χ1v) is 7.67. The van der Waals surface area contributed by atoms with Gasteiger partial charge < -0.3 is 20.9 Å². The second-order valence-corrected chi connectivity index (χ2v) is 5.68. The summed E-state index contributed by atoms with van der Waals surface area (Å²) >= 11 is 0. The molecule has 0 fully saturated rings. The van der Waals surface area contributed by atoms with Crippen molar-refractivity contribution in [1.82, 2.24) is 5.32 Å². The van der Waals surface area contributed by atoms with E-state index in [0.717, 1.165) is 24.0 Å². The molecule has 124 valence electrons. The van der Waals surface area contributed by atoms with Gasteiger partial charge in [-0.05, 0) is 48.2 Å². The molecule has 1 aliphatic carbocycles. The quantitative estimate of drug-likeness (QED) is 0.778. The van der Waals surface area contributed by atoms with Crippen molar-refractivity contribution in [2.45, 2.75) is 18.9 Å². The highest BCUT2D eigenvalue weighted by Crippen LogP contribution is 2.36. The molecule has 0 heterocycles. The van der Waals surface area contributed by atoms with Crippen LogP contribution in [0.4, 0.5) is 0 Å². The van der Waals surface area contributed by atoms with Gasteiger partial charge in [0.05, 0.1) is 6.04 Å². The molecule has 0 aliphatic heterocycles. The van der Waals surface area contributed by atoms with Crippen LogP contribution in [-0.4, -0.2) is 23.5 Å². The standard InChI is InChI=1S/C18H18N2O4/c19-18(23)11-3-1-4-12(9-11)24-10-17(22)20-15-8-7-14-13(15)5-2-6-16(14)21/h1-6,9,15,21H,7-8,10H2,(H2,19,23)(H,20,22). The first kappa shape index (κ1) is 15.9. The summed E-state index contributed by atoms with van der Waals surface area (Å²) in [5.41, 5.74) is 7.37. The summed E-state index contributed by atoms with van der Waals surface area (Å²) in [6.07, 6.45) is 1.48. The minimum atomic E-state index is -0.549. The lowest BCUT2D eigenvalue weighted by Gasteiger charge is -2.15. The summed E-state index contributed by atoms with van der Waals surface area (Å²) in [5, 5.41) is 12.7. The van der Waals surface area contributed by atoms with Crippen LogP contribution in [0, 0.1) is 0 Å². The Morgan fingerprint density at radius 3 is 2.83 bits per heavy atom.